The predicted octanol–water partition coefficient (Wildman–Crippen LogP) is 3.44. The number of anilines is 3. The van der Waals surface area contributed by atoms with E-state index in [0.29, 0.717) is 16.9 Å². The zero-order valence-electron chi connectivity index (χ0n) is 19.8. The Morgan fingerprint density at radius 3 is 2.68 bits per heavy atom. The summed E-state index contributed by atoms with van der Waals surface area (Å²) in [4.78, 5) is 22.6. The van der Waals surface area contributed by atoms with Crippen molar-refractivity contribution in [3.8, 4) is 5.69 Å². The minimum absolute atomic E-state index is 0.0126. The summed E-state index contributed by atoms with van der Waals surface area (Å²) in [5, 5.41) is 10.5. The van der Waals surface area contributed by atoms with Gasteiger partial charge in [-0.1, -0.05) is 18.9 Å². The number of H-pyrrole nitrogens is 1. The van der Waals surface area contributed by atoms with E-state index in [2.05, 4.69) is 25.5 Å². The molecule has 3 aromatic heterocycles. The highest BCUT2D eigenvalue weighted by Crippen LogP contribution is 2.34. The first kappa shape index (κ1) is 23.2. The lowest BCUT2D eigenvalue weighted by atomic mass is 10.2. The van der Waals surface area contributed by atoms with Crippen molar-refractivity contribution in [1.29, 1.82) is 0 Å². The molecule has 0 saturated heterocycles. The molecule has 190 valence electrons. The number of aromatic amines is 1. The lowest BCUT2D eigenvalue weighted by Gasteiger charge is -2.12. The summed E-state index contributed by atoms with van der Waals surface area (Å²) >= 11 is 0. The zero-order valence-corrected chi connectivity index (χ0v) is 20.6. The molecule has 0 bridgehead atoms. The fourth-order valence-electron chi connectivity index (χ4n) is 5.00. The highest BCUT2D eigenvalue weighted by atomic mass is 32.2. The van der Waals surface area contributed by atoms with Gasteiger partial charge < -0.3 is 11.1 Å². The van der Waals surface area contributed by atoms with E-state index in [0.717, 1.165) is 48.9 Å². The van der Waals surface area contributed by atoms with E-state index in [1.54, 1.807) is 10.8 Å². The van der Waals surface area contributed by atoms with Crippen molar-refractivity contribution in [3.05, 3.63) is 58.9 Å². The van der Waals surface area contributed by atoms with E-state index in [9.17, 15) is 17.6 Å². The first-order chi connectivity index (χ1) is 17.7. The molecule has 1 aliphatic rings. The number of nitrogens with two attached hydrogens (primary N) is 1. The molecule has 13 heteroatoms. The Balaban J connectivity index is 1.55. The number of nitrogen functional groups attached to an aromatic ring is 1. The Morgan fingerprint density at radius 2 is 1.95 bits per heavy atom. The second-order valence-corrected chi connectivity index (χ2v) is 11.2. The maximum absolute atomic E-state index is 14.7. The average Bonchev–Trinajstić information content (AvgIpc) is 3.58. The molecule has 5 aromatic rings. The molecule has 2 aromatic carbocycles. The number of nitrogens with zero attached hydrogens (tertiary/aromatic N) is 5. The third-order valence-corrected chi connectivity index (χ3v) is 7.86. The van der Waals surface area contributed by atoms with Gasteiger partial charge in [0.15, 0.2) is 21.3 Å². The molecular formula is C24H23FN8O3S. The fraction of sp³-hybridized carbons (Fsp3) is 0.250. The van der Waals surface area contributed by atoms with Gasteiger partial charge in [0.2, 0.25) is 5.95 Å². The molecule has 0 amide bonds. The van der Waals surface area contributed by atoms with Crippen molar-refractivity contribution >= 4 is 49.4 Å². The van der Waals surface area contributed by atoms with Crippen LogP contribution in [0.3, 0.4) is 0 Å². The van der Waals surface area contributed by atoms with Gasteiger partial charge in [-0.2, -0.15) is 15.1 Å². The van der Waals surface area contributed by atoms with E-state index >= 15 is 0 Å². The Labute approximate surface area is 210 Å². The minimum Gasteiger partial charge on any atom is -0.382 e. The van der Waals surface area contributed by atoms with Crippen LogP contribution in [0.25, 0.3) is 27.8 Å². The van der Waals surface area contributed by atoms with E-state index in [1.807, 2.05) is 18.2 Å². The Hall–Kier alpha value is -4.26. The van der Waals surface area contributed by atoms with Gasteiger partial charge in [-0.05, 0) is 43.2 Å². The average molecular weight is 523 g/mol. The number of halogens is 1. The number of imidazole rings is 1. The van der Waals surface area contributed by atoms with Crippen molar-refractivity contribution in [2.24, 2.45) is 0 Å². The third kappa shape index (κ3) is 3.82. The molecule has 0 radical (unpaired) electrons. The van der Waals surface area contributed by atoms with Gasteiger partial charge in [0.25, 0.3) is 0 Å². The SMILES string of the molecule is CS(=O)(=O)c1ccc(Nc2nc(N)c3c(n2)n(C2CCCC2)c(=O)n3-c2cccc3[nH]ncc23)c(F)c1. The van der Waals surface area contributed by atoms with Gasteiger partial charge in [-0.25, -0.2) is 17.6 Å². The lowest BCUT2D eigenvalue weighted by Crippen LogP contribution is -2.26. The summed E-state index contributed by atoms with van der Waals surface area (Å²) < 4.78 is 41.4. The standard InChI is InChI=1S/C24H23FN8O3S/c1-37(35,36)14-9-10-18(16(25)11-14)28-23-29-21(26)20-22(30-23)32(13-5-2-3-6-13)24(34)33(20)19-8-4-7-17-15(19)12-27-31-17/h4,7-13H,2-3,5-6H2,1H3,(H,27,31)(H3,26,28,29,30). The number of hydrogen-bond acceptors (Lipinski definition) is 8. The van der Waals surface area contributed by atoms with Gasteiger partial charge in [0.05, 0.1) is 28.0 Å². The quantitative estimate of drug-likeness (QED) is 0.317. The molecular weight excluding hydrogens is 499 g/mol. The second kappa shape index (κ2) is 8.40. The van der Waals surface area contributed by atoms with Crippen LogP contribution in [-0.4, -0.2) is 44.0 Å². The molecule has 11 nitrogen and oxygen atoms in total. The highest BCUT2D eigenvalue weighted by molar-refractivity contribution is 7.90. The van der Waals surface area contributed by atoms with Crippen LogP contribution in [-0.2, 0) is 9.84 Å². The Bertz CT molecular complexity index is 1850. The zero-order chi connectivity index (χ0) is 25.9. The van der Waals surface area contributed by atoms with Gasteiger partial charge in [0.1, 0.15) is 11.3 Å². The van der Waals surface area contributed by atoms with Crippen molar-refractivity contribution in [3.63, 3.8) is 0 Å². The third-order valence-electron chi connectivity index (χ3n) is 6.75. The summed E-state index contributed by atoms with van der Waals surface area (Å²) in [6.07, 6.45) is 6.27. The van der Waals surface area contributed by atoms with Crippen molar-refractivity contribution in [2.45, 2.75) is 36.6 Å². The van der Waals surface area contributed by atoms with E-state index in [4.69, 9.17) is 5.73 Å². The molecule has 0 atom stereocenters. The smallest absolute Gasteiger partial charge is 0.335 e. The highest BCUT2D eigenvalue weighted by Gasteiger charge is 2.28. The van der Waals surface area contributed by atoms with Crippen molar-refractivity contribution < 1.29 is 12.8 Å². The van der Waals surface area contributed by atoms with Crippen LogP contribution < -0.4 is 16.7 Å². The summed E-state index contributed by atoms with van der Waals surface area (Å²) in [6.45, 7) is 0. The maximum Gasteiger partial charge on any atom is 0.335 e. The van der Waals surface area contributed by atoms with Gasteiger partial charge in [-0.15, -0.1) is 0 Å². The molecule has 0 spiro atoms. The first-order valence-corrected chi connectivity index (χ1v) is 13.6. The number of aromatic nitrogens is 6. The maximum atomic E-state index is 14.7. The van der Waals surface area contributed by atoms with E-state index in [-0.39, 0.29) is 34.1 Å². The molecule has 1 aliphatic carbocycles. The largest absolute Gasteiger partial charge is 0.382 e. The number of nitrogens with one attached hydrogen (secondary N) is 2. The molecule has 6 rings (SSSR count). The van der Waals surface area contributed by atoms with E-state index < -0.39 is 15.7 Å². The first-order valence-electron chi connectivity index (χ1n) is 11.7. The summed E-state index contributed by atoms with van der Waals surface area (Å²) in [7, 11) is -3.57. The lowest BCUT2D eigenvalue weighted by molar-refractivity contribution is 0.510. The van der Waals surface area contributed by atoms with Crippen LogP contribution in [0.1, 0.15) is 31.7 Å². The monoisotopic (exact) mass is 522 g/mol. The number of benzene rings is 2. The topological polar surface area (TPSA) is 154 Å². The van der Waals surface area contributed by atoms with Gasteiger partial charge in [0, 0.05) is 17.7 Å². The summed E-state index contributed by atoms with van der Waals surface area (Å²) in [5.74, 6) is -0.765. The van der Waals surface area contributed by atoms with Crippen LogP contribution in [0.4, 0.5) is 21.8 Å². The molecule has 1 fully saturated rings. The van der Waals surface area contributed by atoms with Crippen molar-refractivity contribution in [2.75, 3.05) is 17.3 Å². The summed E-state index contributed by atoms with van der Waals surface area (Å²) in [5.41, 5.74) is 8.13. The Morgan fingerprint density at radius 1 is 1.16 bits per heavy atom. The molecule has 4 N–H and O–H groups in total. The Kier molecular flexibility index (Phi) is 5.26. The summed E-state index contributed by atoms with van der Waals surface area (Å²) in [6, 6.07) is 8.93. The van der Waals surface area contributed by atoms with Crippen LogP contribution in [0.5, 0.6) is 0 Å². The number of rotatable bonds is 5. The molecule has 0 aliphatic heterocycles. The molecule has 1 saturated carbocycles. The van der Waals surface area contributed by atoms with Gasteiger partial charge >= 0.3 is 5.69 Å². The normalized spacial score (nSPS) is 14.6. The predicted molar refractivity (Wildman–Crippen MR) is 137 cm³/mol. The van der Waals surface area contributed by atoms with Crippen molar-refractivity contribution in [1.82, 2.24) is 29.3 Å². The molecule has 37 heavy (non-hydrogen) atoms. The molecule has 3 heterocycles. The van der Waals surface area contributed by atoms with Crippen LogP contribution >= 0.6 is 0 Å². The van der Waals surface area contributed by atoms with Crippen LogP contribution in [0.15, 0.2) is 52.3 Å². The number of sulfone groups is 1. The minimum atomic E-state index is -3.57. The molecule has 0 unspecified atom stereocenters. The van der Waals surface area contributed by atoms with E-state index in [1.165, 1.54) is 16.7 Å². The number of hydrogen-bond donors (Lipinski definition) is 3. The number of fused-ring (bicyclic) bond motifs is 2. The van der Waals surface area contributed by atoms with Crippen LogP contribution in [0.2, 0.25) is 0 Å². The fourth-order valence-corrected chi connectivity index (χ4v) is 5.64. The second-order valence-electron chi connectivity index (χ2n) is 9.18. The van der Waals surface area contributed by atoms with Crippen LogP contribution in [0, 0.1) is 5.82 Å². The van der Waals surface area contributed by atoms with Gasteiger partial charge in [-0.3, -0.25) is 14.2 Å².